The number of aryl methyl sites for hydroxylation is 1. The summed E-state index contributed by atoms with van der Waals surface area (Å²) in [5.74, 6) is 0.959. The Kier molecular flexibility index (Phi) is 4.46. The van der Waals surface area contributed by atoms with Crippen LogP contribution in [0.1, 0.15) is 5.56 Å². The fraction of sp³-hybridized carbons (Fsp3) is 0.500. The fourth-order valence-electron chi connectivity index (χ4n) is 1.86. The zero-order valence-electron chi connectivity index (χ0n) is 10.7. The van der Waals surface area contributed by atoms with E-state index in [1.165, 1.54) is 5.56 Å². The lowest BCUT2D eigenvalue weighted by molar-refractivity contribution is 0.205. The number of aromatic nitrogens is 2. The van der Waals surface area contributed by atoms with Crippen LogP contribution in [0.3, 0.4) is 0 Å². The van der Waals surface area contributed by atoms with E-state index in [0.717, 1.165) is 29.1 Å². The van der Waals surface area contributed by atoms with Crippen LogP contribution in [0.25, 0.3) is 10.2 Å². The van der Waals surface area contributed by atoms with Crippen LogP contribution < -0.4 is 10.6 Å². The van der Waals surface area contributed by atoms with Crippen LogP contribution in [0.4, 0.5) is 5.82 Å². The van der Waals surface area contributed by atoms with Crippen molar-refractivity contribution in [2.75, 3.05) is 38.3 Å². The summed E-state index contributed by atoms with van der Waals surface area (Å²) in [7, 11) is 1.70. The van der Waals surface area contributed by atoms with Crippen molar-refractivity contribution in [3.8, 4) is 0 Å². The molecule has 2 aromatic rings. The molecule has 5 nitrogen and oxygen atoms in total. The molecule has 0 radical (unpaired) electrons. The van der Waals surface area contributed by atoms with Gasteiger partial charge in [-0.1, -0.05) is 0 Å². The number of thiophene rings is 1. The summed E-state index contributed by atoms with van der Waals surface area (Å²) in [6, 6.07) is 0. The van der Waals surface area contributed by atoms with Crippen LogP contribution in [0.2, 0.25) is 0 Å². The highest BCUT2D eigenvalue weighted by Gasteiger charge is 2.14. The lowest BCUT2D eigenvalue weighted by Crippen LogP contribution is -2.33. The zero-order chi connectivity index (χ0) is 13.0. The summed E-state index contributed by atoms with van der Waals surface area (Å²) in [5.41, 5.74) is 7.89. The molecule has 0 aliphatic rings. The maximum absolute atomic E-state index is 5.67. The molecule has 0 aromatic carbocycles. The second-order valence-corrected chi connectivity index (χ2v) is 4.94. The minimum atomic E-state index is 0.597. The van der Waals surface area contributed by atoms with Crippen molar-refractivity contribution in [3.63, 3.8) is 0 Å². The molecule has 2 N–H and O–H groups in total. The van der Waals surface area contributed by atoms with E-state index < -0.39 is 0 Å². The highest BCUT2D eigenvalue weighted by Crippen LogP contribution is 2.30. The molecular formula is C12H18N4OS. The molecular weight excluding hydrogens is 248 g/mol. The van der Waals surface area contributed by atoms with Gasteiger partial charge >= 0.3 is 0 Å². The molecule has 2 rings (SSSR count). The van der Waals surface area contributed by atoms with Gasteiger partial charge in [0.1, 0.15) is 12.1 Å². The summed E-state index contributed by atoms with van der Waals surface area (Å²) in [6.45, 7) is 4.89. The van der Waals surface area contributed by atoms with Gasteiger partial charge in [-0.2, -0.15) is 0 Å². The van der Waals surface area contributed by atoms with Gasteiger partial charge in [0, 0.05) is 26.7 Å². The average Bonchev–Trinajstić information content (AvgIpc) is 2.77. The molecule has 0 bridgehead atoms. The standard InChI is InChI=1S/C12H18N4OS/c1-9-7-18-11-10(9)14-8-15-12(11)16(4-3-13)5-6-17-2/h7-8H,3-6,13H2,1-2H3. The SMILES string of the molecule is COCCN(CCN)c1ncnc2c(C)csc12. The normalized spacial score (nSPS) is 11.1. The highest BCUT2D eigenvalue weighted by molar-refractivity contribution is 7.18. The smallest absolute Gasteiger partial charge is 0.150 e. The first-order chi connectivity index (χ1) is 8.77. The Morgan fingerprint density at radius 3 is 2.94 bits per heavy atom. The predicted octanol–water partition coefficient (Wildman–Crippen LogP) is 1.41. The first kappa shape index (κ1) is 13.2. The summed E-state index contributed by atoms with van der Waals surface area (Å²) >= 11 is 1.68. The molecule has 0 saturated heterocycles. The summed E-state index contributed by atoms with van der Waals surface area (Å²) < 4.78 is 6.26. The lowest BCUT2D eigenvalue weighted by atomic mass is 10.3. The molecule has 0 amide bonds. The van der Waals surface area contributed by atoms with Crippen molar-refractivity contribution < 1.29 is 4.74 Å². The number of methoxy groups -OCH3 is 1. The van der Waals surface area contributed by atoms with Crippen LogP contribution >= 0.6 is 11.3 Å². The van der Waals surface area contributed by atoms with Crippen molar-refractivity contribution >= 4 is 27.4 Å². The summed E-state index contributed by atoms with van der Waals surface area (Å²) in [4.78, 5) is 10.9. The second kappa shape index (κ2) is 6.08. The topological polar surface area (TPSA) is 64.3 Å². The van der Waals surface area contributed by atoms with Gasteiger partial charge in [-0.05, 0) is 17.9 Å². The molecule has 2 aromatic heterocycles. The van der Waals surface area contributed by atoms with Gasteiger partial charge in [-0.3, -0.25) is 0 Å². The van der Waals surface area contributed by atoms with E-state index in [9.17, 15) is 0 Å². The van der Waals surface area contributed by atoms with Crippen molar-refractivity contribution in [1.82, 2.24) is 9.97 Å². The minimum absolute atomic E-state index is 0.597. The maximum atomic E-state index is 5.67. The molecule has 0 unspecified atom stereocenters. The number of hydrogen-bond donors (Lipinski definition) is 1. The lowest BCUT2D eigenvalue weighted by Gasteiger charge is -2.22. The average molecular weight is 266 g/mol. The number of hydrogen-bond acceptors (Lipinski definition) is 6. The molecule has 98 valence electrons. The van der Waals surface area contributed by atoms with E-state index in [1.807, 2.05) is 0 Å². The minimum Gasteiger partial charge on any atom is -0.383 e. The fourth-order valence-corrected chi connectivity index (χ4v) is 2.88. The number of rotatable bonds is 6. The van der Waals surface area contributed by atoms with E-state index in [1.54, 1.807) is 24.8 Å². The van der Waals surface area contributed by atoms with Gasteiger partial charge in [0.2, 0.25) is 0 Å². The monoisotopic (exact) mass is 266 g/mol. The van der Waals surface area contributed by atoms with Gasteiger partial charge in [-0.15, -0.1) is 11.3 Å². The first-order valence-electron chi connectivity index (χ1n) is 5.90. The molecule has 0 saturated carbocycles. The number of fused-ring (bicyclic) bond motifs is 1. The van der Waals surface area contributed by atoms with Gasteiger partial charge in [-0.25, -0.2) is 9.97 Å². The largest absolute Gasteiger partial charge is 0.383 e. The Morgan fingerprint density at radius 1 is 1.39 bits per heavy atom. The van der Waals surface area contributed by atoms with E-state index >= 15 is 0 Å². The zero-order valence-corrected chi connectivity index (χ0v) is 11.5. The van der Waals surface area contributed by atoms with E-state index in [2.05, 4.69) is 27.2 Å². The molecule has 0 atom stereocenters. The third kappa shape index (κ3) is 2.60. The van der Waals surface area contributed by atoms with E-state index in [-0.39, 0.29) is 0 Å². The van der Waals surface area contributed by atoms with E-state index in [4.69, 9.17) is 10.5 Å². The molecule has 2 heterocycles. The maximum Gasteiger partial charge on any atom is 0.150 e. The highest BCUT2D eigenvalue weighted by atomic mass is 32.1. The number of nitrogens with two attached hydrogens (primary N) is 1. The Morgan fingerprint density at radius 2 is 2.22 bits per heavy atom. The van der Waals surface area contributed by atoms with Crippen molar-refractivity contribution in [2.45, 2.75) is 6.92 Å². The van der Waals surface area contributed by atoms with Gasteiger partial charge < -0.3 is 15.4 Å². The second-order valence-electron chi connectivity index (χ2n) is 4.06. The molecule has 0 aliphatic carbocycles. The Labute approximate surface area is 111 Å². The molecule has 18 heavy (non-hydrogen) atoms. The van der Waals surface area contributed by atoms with Crippen molar-refractivity contribution in [2.24, 2.45) is 5.73 Å². The Bertz CT molecular complexity index is 514. The molecule has 6 heteroatoms. The van der Waals surface area contributed by atoms with Crippen LogP contribution in [0.15, 0.2) is 11.7 Å². The van der Waals surface area contributed by atoms with Crippen LogP contribution in [-0.4, -0.2) is 43.3 Å². The molecule has 0 spiro atoms. The van der Waals surface area contributed by atoms with Crippen LogP contribution in [-0.2, 0) is 4.74 Å². The first-order valence-corrected chi connectivity index (χ1v) is 6.78. The van der Waals surface area contributed by atoms with Crippen LogP contribution in [0, 0.1) is 6.92 Å². The molecule has 0 fully saturated rings. The number of nitrogens with zero attached hydrogens (tertiary/aromatic N) is 3. The van der Waals surface area contributed by atoms with Crippen LogP contribution in [0.5, 0.6) is 0 Å². The van der Waals surface area contributed by atoms with E-state index in [0.29, 0.717) is 13.2 Å². The van der Waals surface area contributed by atoms with Gasteiger partial charge in [0.15, 0.2) is 0 Å². The Hall–Kier alpha value is -1.24. The predicted molar refractivity (Wildman–Crippen MR) is 75.3 cm³/mol. The van der Waals surface area contributed by atoms with Gasteiger partial charge in [0.05, 0.1) is 16.8 Å². The third-order valence-corrected chi connectivity index (χ3v) is 3.86. The van der Waals surface area contributed by atoms with Gasteiger partial charge in [0.25, 0.3) is 0 Å². The Balaban J connectivity index is 2.36. The number of anilines is 1. The number of ether oxygens (including phenoxy) is 1. The van der Waals surface area contributed by atoms with Crippen molar-refractivity contribution in [3.05, 3.63) is 17.3 Å². The van der Waals surface area contributed by atoms with Crippen molar-refractivity contribution in [1.29, 1.82) is 0 Å². The quantitative estimate of drug-likeness (QED) is 0.856. The summed E-state index contributed by atoms with van der Waals surface area (Å²) in [6.07, 6.45) is 1.62. The third-order valence-electron chi connectivity index (χ3n) is 2.78. The molecule has 0 aliphatic heterocycles. The summed E-state index contributed by atoms with van der Waals surface area (Å²) in [5, 5.41) is 2.11.